The molecule has 1 amide bonds. The van der Waals surface area contributed by atoms with Crippen LogP contribution in [0.5, 0.6) is 0 Å². The molecule has 1 saturated carbocycles. The Hall–Kier alpha value is -1.30. The van der Waals surface area contributed by atoms with Crippen molar-refractivity contribution in [2.24, 2.45) is 5.41 Å². The molecule has 2 N–H and O–H groups in total. The molecule has 0 aromatic carbocycles. The molecule has 1 heterocycles. The predicted octanol–water partition coefficient (Wildman–Crippen LogP) is 1.93. The van der Waals surface area contributed by atoms with Gasteiger partial charge >= 0.3 is 12.1 Å². The summed E-state index contributed by atoms with van der Waals surface area (Å²) in [5.41, 5.74) is -1.86. The Bertz CT molecular complexity index is 416. The number of rotatable bonds is 3. The molecule has 6 heteroatoms. The third-order valence-electron chi connectivity index (χ3n) is 4.01. The van der Waals surface area contributed by atoms with Crippen LogP contribution < -0.4 is 5.32 Å². The number of nitrogens with one attached hydrogen (secondary N) is 1. The van der Waals surface area contributed by atoms with Crippen LogP contribution in [0.25, 0.3) is 0 Å². The number of carboxylic acid groups (broad SMARTS) is 1. The van der Waals surface area contributed by atoms with E-state index in [0.29, 0.717) is 19.4 Å². The molecule has 2 bridgehead atoms. The van der Waals surface area contributed by atoms with Crippen LogP contribution in [0.3, 0.4) is 0 Å². The van der Waals surface area contributed by atoms with Crippen LogP contribution in [-0.4, -0.2) is 41.5 Å². The molecule has 2 rings (SSSR count). The molecule has 6 nitrogen and oxygen atoms in total. The van der Waals surface area contributed by atoms with Gasteiger partial charge in [0, 0.05) is 6.54 Å². The SMILES string of the molecule is CC(C)(C)OC(=O)NCC12CCCC(C(=O)O)(CO1)C2. The van der Waals surface area contributed by atoms with E-state index in [-0.39, 0.29) is 6.61 Å². The average molecular weight is 285 g/mol. The number of aliphatic carboxylic acids is 1. The highest BCUT2D eigenvalue weighted by Gasteiger charge is 2.56. The van der Waals surface area contributed by atoms with Crippen molar-refractivity contribution in [3.05, 3.63) is 0 Å². The topological polar surface area (TPSA) is 84.9 Å². The summed E-state index contributed by atoms with van der Waals surface area (Å²) in [7, 11) is 0. The average Bonchev–Trinajstić information content (AvgIpc) is 2.59. The molecule has 1 aliphatic carbocycles. The Morgan fingerprint density at radius 2 is 2.05 bits per heavy atom. The second-order valence-corrected chi connectivity index (χ2v) is 6.94. The molecule has 2 atom stereocenters. The predicted molar refractivity (Wildman–Crippen MR) is 71.5 cm³/mol. The monoisotopic (exact) mass is 285 g/mol. The van der Waals surface area contributed by atoms with E-state index < -0.39 is 28.7 Å². The van der Waals surface area contributed by atoms with E-state index in [9.17, 15) is 14.7 Å². The molecular formula is C14H23NO5. The first-order valence-electron chi connectivity index (χ1n) is 7.01. The molecule has 0 spiro atoms. The molecule has 20 heavy (non-hydrogen) atoms. The zero-order valence-corrected chi connectivity index (χ0v) is 12.3. The number of amides is 1. The van der Waals surface area contributed by atoms with Crippen molar-refractivity contribution in [2.75, 3.05) is 13.2 Å². The molecule has 2 fully saturated rings. The summed E-state index contributed by atoms with van der Waals surface area (Å²) in [4.78, 5) is 23.1. The smallest absolute Gasteiger partial charge is 0.407 e. The van der Waals surface area contributed by atoms with E-state index >= 15 is 0 Å². The van der Waals surface area contributed by atoms with Gasteiger partial charge in [-0.25, -0.2) is 4.79 Å². The fraction of sp³-hybridized carbons (Fsp3) is 0.857. The molecule has 0 aromatic heterocycles. The maximum atomic E-state index is 11.7. The fourth-order valence-electron chi connectivity index (χ4n) is 3.07. The van der Waals surface area contributed by atoms with Gasteiger partial charge in [0.25, 0.3) is 0 Å². The standard InChI is InChI=1S/C14H23NO5/c1-12(2,3)20-11(18)15-8-14-6-4-5-13(7-14,9-19-14)10(16)17/h4-9H2,1-3H3,(H,15,18)(H,16,17). The third kappa shape index (κ3) is 3.06. The van der Waals surface area contributed by atoms with Gasteiger partial charge in [0.15, 0.2) is 0 Å². The van der Waals surface area contributed by atoms with Gasteiger partial charge in [0.2, 0.25) is 0 Å². The van der Waals surface area contributed by atoms with Gasteiger partial charge in [-0.2, -0.15) is 0 Å². The first kappa shape index (κ1) is 15.1. The number of hydrogen-bond acceptors (Lipinski definition) is 4. The summed E-state index contributed by atoms with van der Waals surface area (Å²) >= 11 is 0. The van der Waals surface area contributed by atoms with Gasteiger partial charge in [-0.15, -0.1) is 0 Å². The summed E-state index contributed by atoms with van der Waals surface area (Å²) < 4.78 is 10.9. The van der Waals surface area contributed by atoms with Gasteiger partial charge in [-0.3, -0.25) is 4.79 Å². The molecule has 114 valence electrons. The minimum Gasteiger partial charge on any atom is -0.481 e. The van der Waals surface area contributed by atoms with Crippen molar-refractivity contribution < 1.29 is 24.2 Å². The van der Waals surface area contributed by atoms with E-state index in [0.717, 1.165) is 12.8 Å². The molecule has 0 radical (unpaired) electrons. The summed E-state index contributed by atoms with van der Waals surface area (Å²) in [5.74, 6) is -0.795. The number of carbonyl (C=O) groups is 2. The van der Waals surface area contributed by atoms with E-state index in [1.807, 2.05) is 0 Å². The molecular weight excluding hydrogens is 262 g/mol. The first-order chi connectivity index (χ1) is 9.17. The summed E-state index contributed by atoms with van der Waals surface area (Å²) in [6.07, 6.45) is 2.20. The first-order valence-corrected chi connectivity index (χ1v) is 7.01. The number of hydrogen-bond donors (Lipinski definition) is 2. The van der Waals surface area contributed by atoms with E-state index in [2.05, 4.69) is 5.32 Å². The molecule has 0 aromatic rings. The summed E-state index contributed by atoms with van der Waals surface area (Å²) in [6.45, 7) is 5.93. The lowest BCUT2D eigenvalue weighted by molar-refractivity contribution is -0.149. The Balaban J connectivity index is 1.93. The van der Waals surface area contributed by atoms with Gasteiger partial charge in [0.1, 0.15) is 5.60 Å². The van der Waals surface area contributed by atoms with Crippen LogP contribution in [-0.2, 0) is 14.3 Å². The summed E-state index contributed by atoms with van der Waals surface area (Å²) in [5, 5.41) is 12.1. The van der Waals surface area contributed by atoms with Crippen molar-refractivity contribution in [2.45, 2.75) is 57.7 Å². The van der Waals surface area contributed by atoms with Crippen molar-refractivity contribution in [1.82, 2.24) is 5.32 Å². The van der Waals surface area contributed by atoms with E-state index in [1.165, 1.54) is 0 Å². The van der Waals surface area contributed by atoms with Crippen molar-refractivity contribution in [3.8, 4) is 0 Å². The number of alkyl carbamates (subject to hydrolysis) is 1. The van der Waals surface area contributed by atoms with Gasteiger partial charge in [-0.05, 0) is 46.5 Å². The molecule has 2 unspecified atom stereocenters. The number of carbonyl (C=O) groups excluding carboxylic acids is 1. The molecule has 2 aliphatic rings. The fourth-order valence-corrected chi connectivity index (χ4v) is 3.07. The van der Waals surface area contributed by atoms with Gasteiger partial charge in [-0.1, -0.05) is 0 Å². The van der Waals surface area contributed by atoms with Crippen molar-refractivity contribution >= 4 is 12.1 Å². The van der Waals surface area contributed by atoms with Crippen LogP contribution >= 0.6 is 0 Å². The highest BCUT2D eigenvalue weighted by molar-refractivity contribution is 5.75. The van der Waals surface area contributed by atoms with Gasteiger partial charge < -0.3 is 19.9 Å². The van der Waals surface area contributed by atoms with Crippen molar-refractivity contribution in [3.63, 3.8) is 0 Å². The minimum absolute atomic E-state index is 0.234. The van der Waals surface area contributed by atoms with Crippen LogP contribution in [0, 0.1) is 5.41 Å². The Labute approximate surface area is 118 Å². The minimum atomic E-state index is -0.795. The van der Waals surface area contributed by atoms with Crippen LogP contribution in [0.15, 0.2) is 0 Å². The lowest BCUT2D eigenvalue weighted by Crippen LogP contribution is -2.47. The van der Waals surface area contributed by atoms with E-state index in [1.54, 1.807) is 20.8 Å². The largest absolute Gasteiger partial charge is 0.481 e. The van der Waals surface area contributed by atoms with Crippen LogP contribution in [0.1, 0.15) is 46.5 Å². The highest BCUT2D eigenvalue weighted by Crippen LogP contribution is 2.49. The second-order valence-electron chi connectivity index (χ2n) is 6.94. The maximum absolute atomic E-state index is 11.7. The Kier molecular flexibility index (Phi) is 3.71. The lowest BCUT2D eigenvalue weighted by Gasteiger charge is -2.35. The zero-order valence-electron chi connectivity index (χ0n) is 12.3. The van der Waals surface area contributed by atoms with Gasteiger partial charge in [0.05, 0.1) is 17.6 Å². The number of fused-ring (bicyclic) bond motifs is 2. The van der Waals surface area contributed by atoms with Crippen LogP contribution in [0.2, 0.25) is 0 Å². The maximum Gasteiger partial charge on any atom is 0.407 e. The second kappa shape index (κ2) is 4.91. The number of carboxylic acids is 1. The summed E-state index contributed by atoms with van der Waals surface area (Å²) in [6, 6.07) is 0. The quantitative estimate of drug-likeness (QED) is 0.827. The van der Waals surface area contributed by atoms with Crippen LogP contribution in [0.4, 0.5) is 4.79 Å². The van der Waals surface area contributed by atoms with E-state index in [4.69, 9.17) is 9.47 Å². The Morgan fingerprint density at radius 3 is 2.65 bits per heavy atom. The Morgan fingerprint density at radius 1 is 1.35 bits per heavy atom. The normalized spacial score (nSPS) is 32.8. The lowest BCUT2D eigenvalue weighted by atomic mass is 9.70. The highest BCUT2D eigenvalue weighted by atomic mass is 16.6. The molecule has 1 aliphatic heterocycles. The number of ether oxygens (including phenoxy) is 2. The molecule has 1 saturated heterocycles. The van der Waals surface area contributed by atoms with Crippen molar-refractivity contribution in [1.29, 1.82) is 0 Å². The third-order valence-corrected chi connectivity index (χ3v) is 4.01. The zero-order chi connectivity index (χ0) is 15.0.